The maximum absolute atomic E-state index is 6.64. The van der Waals surface area contributed by atoms with Gasteiger partial charge in [0.25, 0.3) is 0 Å². The van der Waals surface area contributed by atoms with Crippen LogP contribution >= 0.6 is 0 Å². The van der Waals surface area contributed by atoms with Gasteiger partial charge in [-0.1, -0.05) is 140 Å². The van der Waals surface area contributed by atoms with E-state index in [1.807, 2.05) is 0 Å². The summed E-state index contributed by atoms with van der Waals surface area (Å²) in [5, 5.41) is 10.1. The lowest BCUT2D eigenvalue weighted by atomic mass is 9.88. The van der Waals surface area contributed by atoms with Crippen molar-refractivity contribution >= 4 is 54.3 Å². The molecule has 190 valence electrons. The van der Waals surface area contributed by atoms with Crippen molar-refractivity contribution in [1.29, 1.82) is 0 Å². The van der Waals surface area contributed by atoms with Gasteiger partial charge < -0.3 is 4.42 Å². The first kappa shape index (κ1) is 22.4. The van der Waals surface area contributed by atoms with E-state index < -0.39 is 0 Å². The molecule has 0 aliphatic heterocycles. The number of rotatable bonds is 3. The van der Waals surface area contributed by atoms with Crippen molar-refractivity contribution in [2.45, 2.75) is 0 Å². The second-order valence-corrected chi connectivity index (χ2v) is 10.9. The van der Waals surface area contributed by atoms with E-state index in [1.54, 1.807) is 0 Å². The molecule has 0 bridgehead atoms. The van der Waals surface area contributed by atoms with Crippen molar-refractivity contribution < 1.29 is 4.42 Å². The molecule has 9 rings (SSSR count). The smallest absolute Gasteiger partial charge is 0.143 e. The van der Waals surface area contributed by atoms with Gasteiger partial charge in [-0.05, 0) is 66.2 Å². The first-order valence-electron chi connectivity index (χ1n) is 14.1. The van der Waals surface area contributed by atoms with Gasteiger partial charge in [0.2, 0.25) is 0 Å². The Morgan fingerprint density at radius 1 is 0.317 bits per heavy atom. The normalized spacial score (nSPS) is 11.9. The average Bonchev–Trinajstić information content (AvgIpc) is 3.43. The number of fused-ring (bicyclic) bond motifs is 3. The van der Waals surface area contributed by atoms with Crippen LogP contribution in [-0.4, -0.2) is 0 Å². The Hall–Kier alpha value is -5.40. The van der Waals surface area contributed by atoms with Gasteiger partial charge in [-0.2, -0.15) is 0 Å². The highest BCUT2D eigenvalue weighted by Gasteiger charge is 2.18. The zero-order valence-corrected chi connectivity index (χ0v) is 22.3. The number of hydrogen-bond donors (Lipinski definition) is 0. The van der Waals surface area contributed by atoms with E-state index in [-0.39, 0.29) is 0 Å². The van der Waals surface area contributed by atoms with Gasteiger partial charge in [-0.25, -0.2) is 0 Å². The van der Waals surface area contributed by atoms with Gasteiger partial charge >= 0.3 is 0 Å². The van der Waals surface area contributed by atoms with Crippen LogP contribution in [0.3, 0.4) is 0 Å². The molecule has 1 heteroatoms. The number of benzene rings is 8. The minimum absolute atomic E-state index is 0.913. The molecule has 1 aromatic heterocycles. The molecular weight excluding hydrogens is 496 g/mol. The molecule has 41 heavy (non-hydrogen) atoms. The average molecular weight is 521 g/mol. The lowest BCUT2D eigenvalue weighted by Gasteiger charge is -2.14. The predicted octanol–water partition coefficient (Wildman–Crippen LogP) is 11.5. The highest BCUT2D eigenvalue weighted by Crippen LogP contribution is 2.44. The van der Waals surface area contributed by atoms with Gasteiger partial charge in [0.05, 0.1) is 0 Å². The van der Waals surface area contributed by atoms with E-state index in [4.69, 9.17) is 4.42 Å². The van der Waals surface area contributed by atoms with Crippen LogP contribution in [0.15, 0.2) is 150 Å². The minimum atomic E-state index is 0.913. The minimum Gasteiger partial charge on any atom is -0.455 e. The van der Waals surface area contributed by atoms with Crippen LogP contribution in [0.25, 0.3) is 87.6 Å². The topological polar surface area (TPSA) is 13.1 Å². The highest BCUT2D eigenvalue weighted by atomic mass is 16.3. The maximum Gasteiger partial charge on any atom is 0.143 e. The molecule has 0 fully saturated rings. The lowest BCUT2D eigenvalue weighted by molar-refractivity contribution is 0.670. The fraction of sp³-hybridized carbons (Fsp3) is 0. The van der Waals surface area contributed by atoms with E-state index in [0.717, 1.165) is 27.7 Å². The van der Waals surface area contributed by atoms with Crippen LogP contribution in [0, 0.1) is 0 Å². The molecule has 0 aliphatic rings. The van der Waals surface area contributed by atoms with Crippen molar-refractivity contribution in [2.75, 3.05) is 0 Å². The molecule has 0 radical (unpaired) electrons. The summed E-state index contributed by atoms with van der Waals surface area (Å²) in [5.41, 5.74) is 8.98. The van der Waals surface area contributed by atoms with E-state index >= 15 is 0 Å². The Balaban J connectivity index is 1.27. The van der Waals surface area contributed by atoms with E-state index in [0.29, 0.717) is 0 Å². The van der Waals surface area contributed by atoms with Crippen molar-refractivity contribution in [1.82, 2.24) is 0 Å². The summed E-state index contributed by atoms with van der Waals surface area (Å²) in [6, 6.07) is 52.4. The Bertz CT molecular complexity index is 2380. The number of hydrogen-bond acceptors (Lipinski definition) is 1. The summed E-state index contributed by atoms with van der Waals surface area (Å²) < 4.78 is 6.64. The molecule has 0 amide bonds. The molecule has 0 aliphatic carbocycles. The molecule has 8 aromatic carbocycles. The van der Waals surface area contributed by atoms with E-state index in [9.17, 15) is 0 Å². The Morgan fingerprint density at radius 3 is 1.78 bits per heavy atom. The SMILES string of the molecule is c1ccc(-c2ccc(-c3cccc4c3oc3cccc(-c5ccc6ccc7cccc8ccc5c6c78)c34)cc2)cc1. The predicted molar refractivity (Wildman–Crippen MR) is 174 cm³/mol. The monoisotopic (exact) mass is 520 g/mol. The van der Waals surface area contributed by atoms with Crippen molar-refractivity contribution in [2.24, 2.45) is 0 Å². The third kappa shape index (κ3) is 3.30. The number of para-hydroxylation sites is 1. The second kappa shape index (κ2) is 8.55. The molecule has 0 N–H and O–H groups in total. The van der Waals surface area contributed by atoms with Crippen LogP contribution < -0.4 is 0 Å². The third-order valence-electron chi connectivity index (χ3n) is 8.64. The van der Waals surface area contributed by atoms with E-state index in [2.05, 4.69) is 146 Å². The molecule has 1 heterocycles. The number of furan rings is 1. The first-order valence-corrected chi connectivity index (χ1v) is 14.1. The standard InChI is InChI=1S/C40H24O/c1-2-7-25(8-3-1)26-15-17-27(18-16-26)31-11-5-13-35-39-33(12-6-14-36(39)41-40(31)35)32-23-21-30-20-19-28-9-4-10-29-22-24-34(32)38(30)37(28)29/h1-24H. The fourth-order valence-corrected chi connectivity index (χ4v) is 6.74. The van der Waals surface area contributed by atoms with Crippen molar-refractivity contribution in [3.8, 4) is 33.4 Å². The molecule has 1 nitrogen and oxygen atoms in total. The van der Waals surface area contributed by atoms with Crippen LogP contribution in [0.5, 0.6) is 0 Å². The summed E-state index contributed by atoms with van der Waals surface area (Å²) in [5.74, 6) is 0. The van der Waals surface area contributed by atoms with Crippen LogP contribution in [0.1, 0.15) is 0 Å². The first-order chi connectivity index (χ1) is 20.3. The Labute approximate surface area is 237 Å². The zero-order valence-electron chi connectivity index (χ0n) is 22.3. The van der Waals surface area contributed by atoms with Crippen LogP contribution in [0.4, 0.5) is 0 Å². The van der Waals surface area contributed by atoms with Crippen LogP contribution in [-0.2, 0) is 0 Å². The van der Waals surface area contributed by atoms with E-state index in [1.165, 1.54) is 60.0 Å². The summed E-state index contributed by atoms with van der Waals surface area (Å²) in [6.45, 7) is 0. The molecule has 0 atom stereocenters. The molecule has 0 saturated carbocycles. The molecule has 0 spiro atoms. The van der Waals surface area contributed by atoms with Gasteiger partial charge in [-0.3, -0.25) is 0 Å². The van der Waals surface area contributed by atoms with Gasteiger partial charge in [0, 0.05) is 16.3 Å². The van der Waals surface area contributed by atoms with Crippen molar-refractivity contribution in [3.63, 3.8) is 0 Å². The maximum atomic E-state index is 6.64. The quantitative estimate of drug-likeness (QED) is 0.211. The largest absolute Gasteiger partial charge is 0.455 e. The Morgan fingerprint density at radius 2 is 0.951 bits per heavy atom. The van der Waals surface area contributed by atoms with Crippen molar-refractivity contribution in [3.05, 3.63) is 146 Å². The molecular formula is C40H24O. The molecule has 0 unspecified atom stereocenters. The van der Waals surface area contributed by atoms with Gasteiger partial charge in [0.15, 0.2) is 0 Å². The highest BCUT2D eigenvalue weighted by molar-refractivity contribution is 6.27. The Kier molecular flexibility index (Phi) is 4.67. The third-order valence-corrected chi connectivity index (χ3v) is 8.64. The summed E-state index contributed by atoms with van der Waals surface area (Å²) >= 11 is 0. The molecule has 9 aromatic rings. The van der Waals surface area contributed by atoms with Gasteiger partial charge in [-0.15, -0.1) is 0 Å². The summed E-state index contributed by atoms with van der Waals surface area (Å²) in [4.78, 5) is 0. The van der Waals surface area contributed by atoms with Gasteiger partial charge in [0.1, 0.15) is 11.2 Å². The summed E-state index contributed by atoms with van der Waals surface area (Å²) in [6.07, 6.45) is 0. The summed E-state index contributed by atoms with van der Waals surface area (Å²) in [7, 11) is 0. The molecule has 0 saturated heterocycles. The zero-order chi connectivity index (χ0) is 26.9. The second-order valence-electron chi connectivity index (χ2n) is 10.9. The van der Waals surface area contributed by atoms with Crippen LogP contribution in [0.2, 0.25) is 0 Å². The fourth-order valence-electron chi connectivity index (χ4n) is 6.74. The lowest BCUT2D eigenvalue weighted by Crippen LogP contribution is -1.87.